The smallest absolute Gasteiger partial charge is 0.191 e. The molecule has 1 aromatic rings. The van der Waals surface area contributed by atoms with Crippen LogP contribution < -0.4 is 10.6 Å². The number of aromatic nitrogens is 2. The number of aryl methyl sites for hydroxylation is 1. The number of guanidine groups is 1. The second-order valence-corrected chi connectivity index (χ2v) is 5.14. The van der Waals surface area contributed by atoms with Crippen molar-refractivity contribution in [1.29, 1.82) is 0 Å². The molecular weight excluding hydrogens is 365 g/mol. The lowest BCUT2D eigenvalue weighted by Crippen LogP contribution is -2.38. The van der Waals surface area contributed by atoms with Gasteiger partial charge in [0, 0.05) is 32.9 Å². The van der Waals surface area contributed by atoms with Crippen molar-refractivity contribution in [2.24, 2.45) is 18.0 Å². The van der Waals surface area contributed by atoms with Gasteiger partial charge in [-0.05, 0) is 31.2 Å². The van der Waals surface area contributed by atoms with E-state index < -0.39 is 0 Å². The van der Waals surface area contributed by atoms with Gasteiger partial charge < -0.3 is 10.6 Å². The van der Waals surface area contributed by atoms with E-state index in [0.29, 0.717) is 5.92 Å². The van der Waals surface area contributed by atoms with Crippen molar-refractivity contribution >= 4 is 29.9 Å². The molecule has 1 heterocycles. The molecule has 0 atom stereocenters. The molecule has 2 N–H and O–H groups in total. The van der Waals surface area contributed by atoms with Crippen LogP contribution in [0.3, 0.4) is 0 Å². The maximum absolute atomic E-state index is 4.56. The van der Waals surface area contributed by atoms with Crippen LogP contribution in [0.5, 0.6) is 0 Å². The minimum absolute atomic E-state index is 0. The molecule has 0 aliphatic carbocycles. The molecule has 1 aromatic heterocycles. The first-order valence-corrected chi connectivity index (χ1v) is 7.11. The first-order chi connectivity index (χ1) is 9.11. The summed E-state index contributed by atoms with van der Waals surface area (Å²) in [6.07, 6.45) is 6.04. The van der Waals surface area contributed by atoms with Crippen LogP contribution in [0.15, 0.2) is 17.4 Å². The number of hydrogen-bond donors (Lipinski definition) is 2. The Bertz CT molecular complexity index is 387. The van der Waals surface area contributed by atoms with E-state index in [2.05, 4.69) is 41.5 Å². The maximum atomic E-state index is 4.56. The molecule has 0 saturated carbocycles. The molecule has 0 aliphatic rings. The Morgan fingerprint density at radius 3 is 2.70 bits per heavy atom. The first-order valence-electron chi connectivity index (χ1n) is 7.11. The van der Waals surface area contributed by atoms with Crippen molar-refractivity contribution in [3.8, 4) is 0 Å². The monoisotopic (exact) mass is 393 g/mol. The summed E-state index contributed by atoms with van der Waals surface area (Å²) in [5.41, 5.74) is 1.24. The van der Waals surface area contributed by atoms with Crippen molar-refractivity contribution < 1.29 is 0 Å². The van der Waals surface area contributed by atoms with Crippen LogP contribution in [-0.2, 0) is 13.5 Å². The Morgan fingerprint density at radius 2 is 2.15 bits per heavy atom. The van der Waals surface area contributed by atoms with Crippen LogP contribution >= 0.6 is 24.0 Å². The predicted octanol–water partition coefficient (Wildman–Crippen LogP) is 2.18. The van der Waals surface area contributed by atoms with Gasteiger partial charge in [-0.25, -0.2) is 0 Å². The third kappa shape index (κ3) is 8.39. The molecule has 0 aliphatic heterocycles. The summed E-state index contributed by atoms with van der Waals surface area (Å²) >= 11 is 0. The van der Waals surface area contributed by atoms with E-state index in [1.165, 1.54) is 5.56 Å². The summed E-state index contributed by atoms with van der Waals surface area (Å²) < 4.78 is 1.83. The van der Waals surface area contributed by atoms with Gasteiger partial charge in [0.25, 0.3) is 0 Å². The van der Waals surface area contributed by atoms with Gasteiger partial charge in [-0.15, -0.1) is 24.0 Å². The van der Waals surface area contributed by atoms with Crippen molar-refractivity contribution in [2.75, 3.05) is 19.6 Å². The van der Waals surface area contributed by atoms with E-state index in [1.807, 2.05) is 24.1 Å². The Hall–Kier alpha value is -0.790. The standard InChI is InChI=1S/C14H27N5.HI/c1-5-15-14(16-8-6-12(2)3)17-9-7-13-10-18-19(4)11-13;/h10-12H,5-9H2,1-4H3,(H2,15,16,17);1H. The minimum Gasteiger partial charge on any atom is -0.357 e. The van der Waals surface area contributed by atoms with Crippen LogP contribution in [0, 0.1) is 5.92 Å². The van der Waals surface area contributed by atoms with Gasteiger partial charge in [-0.1, -0.05) is 13.8 Å². The quantitative estimate of drug-likeness (QED) is 0.424. The molecule has 0 saturated heterocycles. The number of rotatable bonds is 7. The molecule has 116 valence electrons. The fourth-order valence-corrected chi connectivity index (χ4v) is 1.70. The van der Waals surface area contributed by atoms with Gasteiger partial charge in [0.15, 0.2) is 5.96 Å². The topological polar surface area (TPSA) is 54.2 Å². The Morgan fingerprint density at radius 1 is 1.40 bits per heavy atom. The summed E-state index contributed by atoms with van der Waals surface area (Å²) in [6, 6.07) is 0. The first kappa shape index (κ1) is 19.2. The van der Waals surface area contributed by atoms with Crippen molar-refractivity contribution in [2.45, 2.75) is 33.6 Å². The number of nitrogens with one attached hydrogen (secondary N) is 2. The Balaban J connectivity index is 0.00000361. The van der Waals surface area contributed by atoms with E-state index in [1.54, 1.807) is 0 Å². The van der Waals surface area contributed by atoms with Gasteiger partial charge in [-0.3, -0.25) is 9.67 Å². The van der Waals surface area contributed by atoms with Gasteiger partial charge in [0.05, 0.1) is 6.20 Å². The summed E-state index contributed by atoms with van der Waals surface area (Å²) in [4.78, 5) is 4.56. The molecule has 1 rings (SSSR count). The van der Waals surface area contributed by atoms with Gasteiger partial charge in [0.2, 0.25) is 0 Å². The van der Waals surface area contributed by atoms with E-state index in [-0.39, 0.29) is 24.0 Å². The van der Waals surface area contributed by atoms with Gasteiger partial charge in [-0.2, -0.15) is 5.10 Å². The summed E-state index contributed by atoms with van der Waals surface area (Å²) in [7, 11) is 1.94. The molecule has 5 nitrogen and oxygen atoms in total. The second-order valence-electron chi connectivity index (χ2n) is 5.14. The highest BCUT2D eigenvalue weighted by molar-refractivity contribution is 14.0. The molecular formula is C14H28IN5. The Labute approximate surface area is 139 Å². The lowest BCUT2D eigenvalue weighted by atomic mass is 10.1. The zero-order valence-electron chi connectivity index (χ0n) is 13.0. The molecule has 0 radical (unpaired) electrons. The van der Waals surface area contributed by atoms with Gasteiger partial charge >= 0.3 is 0 Å². The molecule has 0 spiro atoms. The van der Waals surface area contributed by atoms with E-state index >= 15 is 0 Å². The molecule has 0 unspecified atom stereocenters. The van der Waals surface area contributed by atoms with Gasteiger partial charge in [0.1, 0.15) is 0 Å². The highest BCUT2D eigenvalue weighted by atomic mass is 127. The highest BCUT2D eigenvalue weighted by Crippen LogP contribution is 1.98. The van der Waals surface area contributed by atoms with E-state index in [0.717, 1.165) is 38.4 Å². The maximum Gasteiger partial charge on any atom is 0.191 e. The number of aliphatic imine (C=N–C) groups is 1. The third-order valence-electron chi connectivity index (χ3n) is 2.79. The molecule has 0 fully saturated rings. The fourth-order valence-electron chi connectivity index (χ4n) is 1.70. The lowest BCUT2D eigenvalue weighted by molar-refractivity contribution is 0.594. The number of nitrogens with zero attached hydrogens (tertiary/aromatic N) is 3. The third-order valence-corrected chi connectivity index (χ3v) is 2.79. The van der Waals surface area contributed by atoms with Crippen molar-refractivity contribution in [1.82, 2.24) is 20.4 Å². The lowest BCUT2D eigenvalue weighted by Gasteiger charge is -2.11. The average Bonchev–Trinajstić information content (AvgIpc) is 2.74. The van der Waals surface area contributed by atoms with E-state index in [9.17, 15) is 0 Å². The van der Waals surface area contributed by atoms with Crippen LogP contribution in [0.2, 0.25) is 0 Å². The molecule has 0 bridgehead atoms. The van der Waals surface area contributed by atoms with Crippen LogP contribution in [0.1, 0.15) is 32.8 Å². The molecule has 0 amide bonds. The molecule has 20 heavy (non-hydrogen) atoms. The van der Waals surface area contributed by atoms with Crippen LogP contribution in [0.25, 0.3) is 0 Å². The normalized spacial score (nSPS) is 11.3. The Kier molecular flexibility index (Phi) is 10.5. The molecule has 0 aromatic carbocycles. The predicted molar refractivity (Wildman–Crippen MR) is 95.8 cm³/mol. The minimum atomic E-state index is 0. The average molecular weight is 393 g/mol. The van der Waals surface area contributed by atoms with Crippen molar-refractivity contribution in [3.05, 3.63) is 18.0 Å². The number of halogens is 1. The largest absolute Gasteiger partial charge is 0.357 e. The summed E-state index contributed by atoms with van der Waals surface area (Å²) in [5, 5.41) is 10.8. The summed E-state index contributed by atoms with van der Waals surface area (Å²) in [6.45, 7) is 9.16. The highest BCUT2D eigenvalue weighted by Gasteiger charge is 1.99. The van der Waals surface area contributed by atoms with Crippen LogP contribution in [0.4, 0.5) is 0 Å². The fraction of sp³-hybridized carbons (Fsp3) is 0.714. The summed E-state index contributed by atoms with van der Waals surface area (Å²) in [5.74, 6) is 1.61. The zero-order valence-corrected chi connectivity index (χ0v) is 15.3. The zero-order chi connectivity index (χ0) is 14.1. The van der Waals surface area contributed by atoms with E-state index in [4.69, 9.17) is 0 Å². The number of hydrogen-bond acceptors (Lipinski definition) is 2. The SMILES string of the molecule is CCNC(=NCCC(C)C)NCCc1cnn(C)c1.I. The second kappa shape index (κ2) is 10.9. The van der Waals surface area contributed by atoms with Crippen LogP contribution in [-0.4, -0.2) is 35.4 Å². The van der Waals surface area contributed by atoms with Crippen molar-refractivity contribution in [3.63, 3.8) is 0 Å². The molecule has 6 heteroatoms.